The van der Waals surface area contributed by atoms with Gasteiger partial charge < -0.3 is 9.55 Å². The summed E-state index contributed by atoms with van der Waals surface area (Å²) in [5, 5.41) is 2.58. The Labute approximate surface area is 275 Å². The molecule has 0 saturated heterocycles. The standard InChI is InChI=1S/C42H25N2.Ir/c1-4-17-34-30(13-1)31-14-2-5-18-35(31)42(34)36-23-22-28(27-11-9-12-29(25-27)38-20-7-8-24-43-38)26-40(36)44-39-21-6-3-15-32(39)33-16-10-19-37(42)41(33)44;/h1-11,13-26H;/q-1;. The predicted octanol–water partition coefficient (Wildman–Crippen LogP) is 9.99. The van der Waals surface area contributed by atoms with Crippen molar-refractivity contribution in [1.82, 2.24) is 9.55 Å². The first-order chi connectivity index (χ1) is 21.8. The summed E-state index contributed by atoms with van der Waals surface area (Å²) in [5.41, 5.74) is 15.6. The number of nitrogens with zero attached hydrogens (tertiary/aromatic N) is 2. The van der Waals surface area contributed by atoms with Crippen molar-refractivity contribution < 1.29 is 20.1 Å². The van der Waals surface area contributed by atoms with E-state index in [1.807, 2.05) is 30.5 Å². The minimum Gasteiger partial charge on any atom is -0.309 e. The van der Waals surface area contributed by atoms with Gasteiger partial charge in [0.2, 0.25) is 0 Å². The van der Waals surface area contributed by atoms with Crippen LogP contribution in [0.15, 0.2) is 152 Å². The first-order valence-electron chi connectivity index (χ1n) is 15.1. The Morgan fingerprint density at radius 2 is 1.24 bits per heavy atom. The molecule has 1 aliphatic carbocycles. The molecule has 3 heteroatoms. The molecule has 213 valence electrons. The number of fused-ring (bicyclic) bond motifs is 12. The second kappa shape index (κ2) is 9.71. The normalized spacial score (nSPS) is 13.3. The average molecular weight is 750 g/mol. The van der Waals surface area contributed by atoms with E-state index in [4.69, 9.17) is 0 Å². The first-order valence-corrected chi connectivity index (χ1v) is 15.1. The van der Waals surface area contributed by atoms with Gasteiger partial charge in [0.05, 0.1) is 22.1 Å². The monoisotopic (exact) mass is 750 g/mol. The van der Waals surface area contributed by atoms with Crippen LogP contribution in [0.1, 0.15) is 22.3 Å². The predicted molar refractivity (Wildman–Crippen MR) is 179 cm³/mol. The van der Waals surface area contributed by atoms with Gasteiger partial charge in [0.25, 0.3) is 0 Å². The Kier molecular flexibility index (Phi) is 5.68. The van der Waals surface area contributed by atoms with E-state index in [0.29, 0.717) is 0 Å². The van der Waals surface area contributed by atoms with Gasteiger partial charge in [-0.25, -0.2) is 0 Å². The van der Waals surface area contributed by atoms with Gasteiger partial charge in [0, 0.05) is 37.1 Å². The first kappa shape index (κ1) is 26.3. The third-order valence-electron chi connectivity index (χ3n) is 9.77. The zero-order valence-corrected chi connectivity index (χ0v) is 26.6. The van der Waals surface area contributed by atoms with Gasteiger partial charge in [0.1, 0.15) is 0 Å². The Morgan fingerprint density at radius 1 is 0.556 bits per heavy atom. The Bertz CT molecular complexity index is 2410. The minimum atomic E-state index is -0.422. The molecule has 1 spiro atoms. The van der Waals surface area contributed by atoms with Crippen LogP contribution in [-0.4, -0.2) is 9.55 Å². The number of hydrogen-bond donors (Lipinski definition) is 0. The second-order valence-electron chi connectivity index (χ2n) is 11.8. The molecule has 0 N–H and O–H groups in total. The number of para-hydroxylation sites is 2. The Hall–Kier alpha value is -5.08. The maximum absolute atomic E-state index is 4.59. The fourth-order valence-electron chi connectivity index (χ4n) is 8.06. The number of rotatable bonds is 2. The van der Waals surface area contributed by atoms with E-state index in [1.54, 1.807) is 0 Å². The van der Waals surface area contributed by atoms with Crippen molar-refractivity contribution in [2.24, 2.45) is 0 Å². The van der Waals surface area contributed by atoms with Crippen LogP contribution in [0.2, 0.25) is 0 Å². The zero-order chi connectivity index (χ0) is 28.8. The third-order valence-corrected chi connectivity index (χ3v) is 9.77. The summed E-state index contributed by atoms with van der Waals surface area (Å²) in [7, 11) is 0. The largest absolute Gasteiger partial charge is 0.309 e. The average Bonchev–Trinajstić information content (AvgIpc) is 3.59. The summed E-state index contributed by atoms with van der Waals surface area (Å²) in [5.74, 6) is 0. The number of pyridine rings is 1. The second-order valence-corrected chi connectivity index (χ2v) is 11.8. The molecule has 8 aromatic rings. The Morgan fingerprint density at radius 3 is 2.04 bits per heavy atom. The van der Waals surface area contributed by atoms with Gasteiger partial charge >= 0.3 is 0 Å². The Balaban J connectivity index is 0.00000281. The quantitative estimate of drug-likeness (QED) is 0.161. The van der Waals surface area contributed by atoms with Crippen LogP contribution in [0, 0.1) is 6.07 Å². The van der Waals surface area contributed by atoms with Gasteiger partial charge in [0.15, 0.2) is 0 Å². The molecule has 0 saturated carbocycles. The summed E-state index contributed by atoms with van der Waals surface area (Å²) in [6.45, 7) is 0. The maximum atomic E-state index is 4.59. The molecular formula is C42H25IrN2-. The maximum Gasteiger partial charge on any atom is 0.0754 e. The summed E-state index contributed by atoms with van der Waals surface area (Å²) in [6, 6.07) is 56.7. The molecule has 0 atom stereocenters. The van der Waals surface area contributed by atoms with Crippen molar-refractivity contribution in [3.8, 4) is 39.2 Å². The molecule has 2 nitrogen and oxygen atoms in total. The van der Waals surface area contributed by atoms with Gasteiger partial charge in [-0.15, -0.1) is 35.4 Å². The molecule has 0 amide bonds. The van der Waals surface area contributed by atoms with Crippen LogP contribution < -0.4 is 0 Å². The van der Waals surface area contributed by atoms with E-state index in [2.05, 4.69) is 137 Å². The molecular weight excluding hydrogens is 725 g/mol. The van der Waals surface area contributed by atoms with Crippen molar-refractivity contribution in [3.05, 3.63) is 180 Å². The van der Waals surface area contributed by atoms with E-state index in [1.165, 1.54) is 66.4 Å². The SMILES string of the molecule is [Ir].[c-]1ccc(-c2ccc3c(c2)-n2c4ccccc4c4cccc(c42)C32c3ccccc3-c3ccccc32)cc1-c1ccccn1. The van der Waals surface area contributed by atoms with E-state index in [-0.39, 0.29) is 20.1 Å². The van der Waals surface area contributed by atoms with Crippen molar-refractivity contribution >= 4 is 21.8 Å². The van der Waals surface area contributed by atoms with E-state index in [0.717, 1.165) is 16.8 Å². The van der Waals surface area contributed by atoms with Crippen molar-refractivity contribution in [1.29, 1.82) is 0 Å². The smallest absolute Gasteiger partial charge is 0.0754 e. The molecule has 0 bridgehead atoms. The molecule has 1 aliphatic heterocycles. The minimum absolute atomic E-state index is 0. The van der Waals surface area contributed by atoms with Gasteiger partial charge in [-0.2, -0.15) is 0 Å². The van der Waals surface area contributed by atoms with Crippen molar-refractivity contribution in [3.63, 3.8) is 0 Å². The van der Waals surface area contributed by atoms with Crippen molar-refractivity contribution in [2.45, 2.75) is 5.41 Å². The van der Waals surface area contributed by atoms with Crippen LogP contribution in [0.5, 0.6) is 0 Å². The van der Waals surface area contributed by atoms with Crippen LogP contribution in [0.3, 0.4) is 0 Å². The van der Waals surface area contributed by atoms with Gasteiger partial charge in [-0.3, -0.25) is 0 Å². The summed E-state index contributed by atoms with van der Waals surface area (Å²) < 4.78 is 2.52. The van der Waals surface area contributed by atoms with E-state index < -0.39 is 5.41 Å². The van der Waals surface area contributed by atoms with Gasteiger partial charge in [-0.1, -0.05) is 109 Å². The fraction of sp³-hybridized carbons (Fsp3) is 0.0238. The zero-order valence-electron chi connectivity index (χ0n) is 24.2. The number of hydrogen-bond acceptors (Lipinski definition) is 1. The summed E-state index contributed by atoms with van der Waals surface area (Å²) in [4.78, 5) is 4.59. The molecule has 10 rings (SSSR count). The summed E-state index contributed by atoms with van der Waals surface area (Å²) in [6.07, 6.45) is 1.84. The summed E-state index contributed by atoms with van der Waals surface area (Å²) >= 11 is 0. The molecule has 0 fully saturated rings. The van der Waals surface area contributed by atoms with Crippen LogP contribution in [0.25, 0.3) is 61.0 Å². The molecule has 1 radical (unpaired) electrons. The molecule has 0 unspecified atom stereocenters. The number of benzene rings is 6. The fourth-order valence-corrected chi connectivity index (χ4v) is 8.06. The van der Waals surface area contributed by atoms with E-state index >= 15 is 0 Å². The molecule has 2 aliphatic rings. The molecule has 6 aromatic carbocycles. The van der Waals surface area contributed by atoms with Gasteiger partial charge in [-0.05, 0) is 62.8 Å². The third kappa shape index (κ3) is 3.40. The van der Waals surface area contributed by atoms with E-state index in [9.17, 15) is 0 Å². The molecule has 45 heavy (non-hydrogen) atoms. The van der Waals surface area contributed by atoms with Crippen LogP contribution in [0.4, 0.5) is 0 Å². The topological polar surface area (TPSA) is 17.8 Å². The van der Waals surface area contributed by atoms with Crippen LogP contribution >= 0.6 is 0 Å². The van der Waals surface area contributed by atoms with Crippen molar-refractivity contribution in [2.75, 3.05) is 0 Å². The molecule has 3 heterocycles. The van der Waals surface area contributed by atoms with Crippen LogP contribution in [-0.2, 0) is 25.5 Å². The molecule has 2 aromatic heterocycles. The number of aromatic nitrogens is 2.